The molecule has 0 N–H and O–H groups in total. The lowest BCUT2D eigenvalue weighted by atomic mass is 10.2. The van der Waals surface area contributed by atoms with Crippen LogP contribution in [0, 0.1) is 11.5 Å². The van der Waals surface area contributed by atoms with Gasteiger partial charge in [-0.05, 0) is 23.7 Å². The molecule has 0 aliphatic carbocycles. The molecule has 2 aromatic rings. The molecular formula is C21H29ClN2O2Si2. The summed E-state index contributed by atoms with van der Waals surface area (Å²) >= 11 is 5.92. The van der Waals surface area contributed by atoms with Crippen molar-refractivity contribution in [3.63, 3.8) is 0 Å². The summed E-state index contributed by atoms with van der Waals surface area (Å²) in [5.41, 5.74) is 5.07. The van der Waals surface area contributed by atoms with E-state index in [0.717, 1.165) is 17.2 Å². The van der Waals surface area contributed by atoms with Crippen LogP contribution in [0.1, 0.15) is 11.1 Å². The highest BCUT2D eigenvalue weighted by molar-refractivity contribution is 6.83. The van der Waals surface area contributed by atoms with Crippen LogP contribution in [0.4, 0.5) is 0 Å². The van der Waals surface area contributed by atoms with Crippen molar-refractivity contribution in [3.05, 3.63) is 46.6 Å². The molecule has 0 fully saturated rings. The summed E-state index contributed by atoms with van der Waals surface area (Å²) in [4.78, 5) is 8.78. The molecule has 0 bridgehead atoms. The van der Waals surface area contributed by atoms with Crippen LogP contribution in [0.15, 0.2) is 30.5 Å². The van der Waals surface area contributed by atoms with Gasteiger partial charge in [0.25, 0.3) is 0 Å². The van der Waals surface area contributed by atoms with E-state index < -0.39 is 16.1 Å². The van der Waals surface area contributed by atoms with Gasteiger partial charge in [0.15, 0.2) is 0 Å². The van der Waals surface area contributed by atoms with Crippen LogP contribution in [-0.2, 0) is 6.61 Å². The maximum atomic E-state index is 5.99. The first-order chi connectivity index (χ1) is 13.0. The van der Waals surface area contributed by atoms with Crippen molar-refractivity contribution >= 4 is 27.7 Å². The summed E-state index contributed by atoms with van der Waals surface area (Å²) < 4.78 is 11.7. The Morgan fingerprint density at radius 1 is 1.00 bits per heavy atom. The summed E-state index contributed by atoms with van der Waals surface area (Å²) in [6.45, 7) is 14.6. The highest BCUT2D eigenvalue weighted by Gasteiger charge is 2.15. The van der Waals surface area contributed by atoms with Crippen molar-refractivity contribution < 1.29 is 9.47 Å². The molecule has 0 atom stereocenters. The third kappa shape index (κ3) is 8.47. The first-order valence-electron chi connectivity index (χ1n) is 9.42. The lowest BCUT2D eigenvalue weighted by Gasteiger charge is -2.16. The number of hydrogen-bond acceptors (Lipinski definition) is 4. The quantitative estimate of drug-likeness (QED) is 0.418. The number of hydrogen-bond donors (Lipinski definition) is 0. The Morgan fingerprint density at radius 3 is 2.29 bits per heavy atom. The number of benzene rings is 1. The number of aromatic nitrogens is 2. The Balaban J connectivity index is 2.16. The smallest absolute Gasteiger partial charge is 0.320 e. The Morgan fingerprint density at radius 2 is 1.68 bits per heavy atom. The molecule has 1 heterocycles. The zero-order chi connectivity index (χ0) is 20.8. The predicted octanol–water partition coefficient (Wildman–Crippen LogP) is 5.65. The van der Waals surface area contributed by atoms with Gasteiger partial charge in [-0.2, -0.15) is 4.98 Å². The molecule has 0 saturated carbocycles. The van der Waals surface area contributed by atoms with E-state index in [1.54, 1.807) is 6.20 Å². The normalized spacial score (nSPS) is 11.5. The van der Waals surface area contributed by atoms with E-state index >= 15 is 0 Å². The van der Waals surface area contributed by atoms with Gasteiger partial charge in [0, 0.05) is 13.1 Å². The highest BCUT2D eigenvalue weighted by atomic mass is 35.5. The van der Waals surface area contributed by atoms with Crippen molar-refractivity contribution in [2.45, 2.75) is 51.9 Å². The monoisotopic (exact) mass is 432 g/mol. The van der Waals surface area contributed by atoms with Gasteiger partial charge >= 0.3 is 6.01 Å². The highest BCUT2D eigenvalue weighted by Crippen LogP contribution is 2.20. The SMILES string of the molecule is C[Si](C)(C)C#Cc1cnc(OCc2ccc(Cl)cc2)nc1OCC[Si](C)(C)C. The molecule has 0 spiro atoms. The van der Waals surface area contributed by atoms with Crippen LogP contribution in [0.2, 0.25) is 50.3 Å². The van der Waals surface area contributed by atoms with E-state index in [9.17, 15) is 0 Å². The molecule has 0 saturated heterocycles. The van der Waals surface area contributed by atoms with Gasteiger partial charge in [-0.1, -0.05) is 68.9 Å². The van der Waals surface area contributed by atoms with Gasteiger partial charge in [0.1, 0.15) is 20.2 Å². The molecular weight excluding hydrogens is 404 g/mol. The molecule has 0 aliphatic rings. The fourth-order valence-corrected chi connectivity index (χ4v) is 3.40. The Hall–Kier alpha value is -1.82. The third-order valence-corrected chi connectivity index (χ3v) is 6.51. The fourth-order valence-electron chi connectivity index (χ4n) is 2.05. The Kier molecular flexibility index (Phi) is 7.70. The molecule has 28 heavy (non-hydrogen) atoms. The van der Waals surface area contributed by atoms with Gasteiger partial charge in [-0.25, -0.2) is 4.98 Å². The topological polar surface area (TPSA) is 44.2 Å². The number of rotatable bonds is 7. The largest absolute Gasteiger partial charge is 0.477 e. The second kappa shape index (κ2) is 9.59. The maximum Gasteiger partial charge on any atom is 0.320 e. The first-order valence-corrected chi connectivity index (χ1v) is 17.0. The molecule has 4 nitrogen and oxygen atoms in total. The van der Waals surface area contributed by atoms with Gasteiger partial charge in [-0.3, -0.25) is 0 Å². The molecule has 1 aromatic carbocycles. The van der Waals surface area contributed by atoms with E-state index in [1.165, 1.54) is 0 Å². The zero-order valence-corrected chi connectivity index (χ0v) is 20.4. The second-order valence-electron chi connectivity index (χ2n) is 8.95. The van der Waals surface area contributed by atoms with E-state index in [4.69, 9.17) is 21.1 Å². The molecule has 7 heteroatoms. The average molecular weight is 433 g/mol. The van der Waals surface area contributed by atoms with Gasteiger partial charge < -0.3 is 9.47 Å². The molecule has 0 unspecified atom stereocenters. The van der Waals surface area contributed by atoms with Crippen LogP contribution < -0.4 is 9.47 Å². The first kappa shape index (κ1) is 22.5. The molecule has 0 aliphatic heterocycles. The van der Waals surface area contributed by atoms with Crippen molar-refractivity contribution in [1.29, 1.82) is 0 Å². The number of halogens is 1. The summed E-state index contributed by atoms with van der Waals surface area (Å²) in [6.07, 6.45) is 1.70. The van der Waals surface area contributed by atoms with Crippen molar-refractivity contribution in [1.82, 2.24) is 9.97 Å². The van der Waals surface area contributed by atoms with Crippen LogP contribution >= 0.6 is 11.6 Å². The predicted molar refractivity (Wildman–Crippen MR) is 122 cm³/mol. The lowest BCUT2D eigenvalue weighted by molar-refractivity contribution is 0.266. The molecule has 2 rings (SSSR count). The van der Waals surface area contributed by atoms with E-state index in [-0.39, 0.29) is 6.01 Å². The fraction of sp³-hybridized carbons (Fsp3) is 0.429. The standard InChI is InChI=1S/C21H29ClN2O2Si2/c1-27(2,3)13-11-18-15-23-21(24-20(18)25-12-14-28(4,5)6)26-16-17-7-9-19(22)10-8-17/h7-10,15H,12,14,16H2,1-6H3. The maximum absolute atomic E-state index is 5.99. The molecule has 150 valence electrons. The van der Waals surface area contributed by atoms with E-state index in [2.05, 4.69) is 60.7 Å². The number of nitrogens with zero attached hydrogens (tertiary/aromatic N) is 2. The van der Waals surface area contributed by atoms with Crippen molar-refractivity contribution in [3.8, 4) is 23.4 Å². The zero-order valence-electron chi connectivity index (χ0n) is 17.6. The summed E-state index contributed by atoms with van der Waals surface area (Å²) in [6, 6.07) is 8.85. The van der Waals surface area contributed by atoms with Crippen LogP contribution in [0.5, 0.6) is 11.9 Å². The summed E-state index contributed by atoms with van der Waals surface area (Å²) in [5.74, 6) is 3.72. The van der Waals surface area contributed by atoms with Gasteiger partial charge in [0.2, 0.25) is 5.88 Å². The Labute approximate surface area is 175 Å². The molecule has 0 radical (unpaired) electrons. The second-order valence-corrected chi connectivity index (χ2v) is 19.8. The van der Waals surface area contributed by atoms with Crippen molar-refractivity contribution in [2.24, 2.45) is 0 Å². The average Bonchev–Trinajstić information content (AvgIpc) is 2.58. The number of ether oxygens (including phenoxy) is 2. The van der Waals surface area contributed by atoms with E-state index in [1.807, 2.05) is 24.3 Å². The van der Waals surface area contributed by atoms with Crippen LogP contribution in [0.3, 0.4) is 0 Å². The Bertz CT molecular complexity index is 848. The molecule has 0 amide bonds. The van der Waals surface area contributed by atoms with Crippen molar-refractivity contribution in [2.75, 3.05) is 6.61 Å². The third-order valence-electron chi connectivity index (χ3n) is 3.68. The minimum absolute atomic E-state index is 0.288. The minimum Gasteiger partial charge on any atom is -0.477 e. The minimum atomic E-state index is -1.51. The van der Waals surface area contributed by atoms with Crippen LogP contribution in [-0.4, -0.2) is 32.7 Å². The van der Waals surface area contributed by atoms with E-state index in [0.29, 0.717) is 24.1 Å². The van der Waals surface area contributed by atoms with Crippen LogP contribution in [0.25, 0.3) is 0 Å². The lowest BCUT2D eigenvalue weighted by Crippen LogP contribution is -2.22. The molecule has 1 aromatic heterocycles. The van der Waals surface area contributed by atoms with Gasteiger partial charge in [-0.15, -0.1) is 5.54 Å². The summed E-state index contributed by atoms with van der Waals surface area (Å²) in [7, 11) is -2.70. The summed E-state index contributed by atoms with van der Waals surface area (Å²) in [5, 5.41) is 0.698. The van der Waals surface area contributed by atoms with Gasteiger partial charge in [0.05, 0.1) is 12.8 Å².